The van der Waals surface area contributed by atoms with E-state index < -0.39 is 24.2 Å². The Balaban J connectivity index is 1.52. The second kappa shape index (κ2) is 11.8. The van der Waals surface area contributed by atoms with Crippen LogP contribution >= 0.6 is 0 Å². The van der Waals surface area contributed by atoms with Crippen LogP contribution in [0.1, 0.15) is 106 Å². The number of hydrogen-bond acceptors (Lipinski definition) is 5. The van der Waals surface area contributed by atoms with Gasteiger partial charge in [-0.15, -0.1) is 0 Å². The van der Waals surface area contributed by atoms with Crippen LogP contribution in [-0.2, 0) is 19.3 Å². The van der Waals surface area contributed by atoms with E-state index in [9.17, 15) is 18.3 Å². The highest BCUT2D eigenvalue weighted by Gasteiger charge is 2.64. The fourth-order valence-electron chi connectivity index (χ4n) is 9.80. The Morgan fingerprint density at radius 3 is 2.32 bits per heavy atom. The molecule has 4 fully saturated rings. The molecular weight excluding hydrogens is 555 g/mol. The lowest BCUT2D eigenvalue weighted by atomic mass is 9.43. The topological polar surface area (TPSA) is 113 Å². The first-order valence-electron chi connectivity index (χ1n) is 16.4. The molecule has 4 rings (SSSR count). The SMILES string of the molecule is C[C@H](CCC(=O)NCCS(=O)(=O)O)[C@H]1CC[C@H]2[C@@H]3[C@@H](O[Si](C)(C)C(C)(C)C)CC4C[C@H](O)CC[C@]4(C)[C@H]3CC[C@]12C. The van der Waals surface area contributed by atoms with E-state index in [0.717, 1.165) is 32.1 Å². The van der Waals surface area contributed by atoms with Gasteiger partial charge in [0.1, 0.15) is 0 Å². The molecule has 4 aliphatic rings. The van der Waals surface area contributed by atoms with Crippen molar-refractivity contribution in [3.8, 4) is 0 Å². The van der Waals surface area contributed by atoms with Crippen molar-refractivity contribution in [2.45, 2.75) is 136 Å². The quantitative estimate of drug-likeness (QED) is 0.204. The lowest BCUT2D eigenvalue weighted by molar-refractivity contribution is -0.170. The van der Waals surface area contributed by atoms with Crippen LogP contribution in [0, 0.1) is 46.3 Å². The Kier molecular flexibility index (Phi) is 9.61. The standard InChI is InChI=1S/C32H59NO6SSi/c1-21(9-12-28(35)33-17-18-40(36,37)38)24-10-11-25-29-26(14-16-32(24,25)6)31(5)15-13-23(34)19-22(31)20-27(29)39-41(7,8)30(2,3)4/h21-27,29,34H,9-20H2,1-8H3,(H,33,35)(H,36,37,38)/t21-,22?,23-,24-,25+,26+,27+,29+,31+,32-/m1/s1. The zero-order valence-corrected chi connectivity index (χ0v) is 28.9. The third-order valence-electron chi connectivity index (χ3n) is 13.2. The molecule has 1 unspecified atom stereocenters. The van der Waals surface area contributed by atoms with Gasteiger partial charge in [0.15, 0.2) is 8.32 Å². The highest BCUT2D eigenvalue weighted by molar-refractivity contribution is 7.85. The van der Waals surface area contributed by atoms with Gasteiger partial charge in [-0.2, -0.15) is 8.42 Å². The van der Waals surface area contributed by atoms with Crippen LogP contribution < -0.4 is 5.32 Å². The van der Waals surface area contributed by atoms with Gasteiger partial charge < -0.3 is 14.8 Å². The molecule has 0 saturated heterocycles. The molecule has 41 heavy (non-hydrogen) atoms. The third kappa shape index (κ3) is 6.79. The van der Waals surface area contributed by atoms with Crippen molar-refractivity contribution in [2.75, 3.05) is 12.3 Å². The summed E-state index contributed by atoms with van der Waals surface area (Å²) in [6.07, 6.45) is 10.2. The molecule has 3 N–H and O–H groups in total. The monoisotopic (exact) mass is 613 g/mol. The van der Waals surface area contributed by atoms with Crippen LogP contribution in [0.2, 0.25) is 18.1 Å². The average Bonchev–Trinajstić information content (AvgIpc) is 3.19. The van der Waals surface area contributed by atoms with Gasteiger partial charge in [-0.05, 0) is 122 Å². The summed E-state index contributed by atoms with van der Waals surface area (Å²) >= 11 is 0. The summed E-state index contributed by atoms with van der Waals surface area (Å²) in [6.45, 7) is 19.1. The minimum atomic E-state index is -4.07. The molecule has 0 aromatic carbocycles. The summed E-state index contributed by atoms with van der Waals surface area (Å²) in [5, 5.41) is 13.5. The van der Waals surface area contributed by atoms with E-state index in [1.807, 2.05) is 0 Å². The lowest BCUT2D eigenvalue weighted by Gasteiger charge is -2.64. The van der Waals surface area contributed by atoms with Crippen LogP contribution in [0.15, 0.2) is 0 Å². The first kappa shape index (κ1) is 33.4. The predicted molar refractivity (Wildman–Crippen MR) is 167 cm³/mol. The molecule has 0 aromatic rings. The summed E-state index contributed by atoms with van der Waals surface area (Å²) < 4.78 is 38.2. The van der Waals surface area contributed by atoms with Gasteiger partial charge in [0.05, 0.1) is 11.9 Å². The number of hydrogen-bond donors (Lipinski definition) is 3. The molecule has 0 aliphatic heterocycles. The fourth-order valence-corrected chi connectivity index (χ4v) is 11.5. The van der Waals surface area contributed by atoms with Gasteiger partial charge >= 0.3 is 0 Å². The first-order chi connectivity index (χ1) is 18.8. The zero-order chi connectivity index (χ0) is 30.6. The number of nitrogens with one attached hydrogen (secondary N) is 1. The van der Waals surface area contributed by atoms with Crippen molar-refractivity contribution in [1.82, 2.24) is 5.32 Å². The summed E-state index contributed by atoms with van der Waals surface area (Å²) in [7, 11) is -6.05. The number of fused-ring (bicyclic) bond motifs is 5. The normalized spacial score (nSPS) is 40.3. The minimum Gasteiger partial charge on any atom is -0.414 e. The molecule has 0 aromatic heterocycles. The lowest BCUT2D eigenvalue weighted by Crippen LogP contribution is -2.61. The van der Waals surface area contributed by atoms with E-state index in [1.165, 1.54) is 25.7 Å². The third-order valence-corrected chi connectivity index (χ3v) is 18.4. The van der Waals surface area contributed by atoms with Gasteiger partial charge in [0.25, 0.3) is 10.1 Å². The van der Waals surface area contributed by atoms with Gasteiger partial charge in [0, 0.05) is 19.1 Å². The van der Waals surface area contributed by atoms with E-state index in [0.29, 0.717) is 41.9 Å². The maximum Gasteiger partial charge on any atom is 0.266 e. The molecule has 10 atom stereocenters. The Labute approximate surface area is 251 Å². The summed E-state index contributed by atoms with van der Waals surface area (Å²) in [6, 6.07) is 0. The van der Waals surface area contributed by atoms with Crippen molar-refractivity contribution in [1.29, 1.82) is 0 Å². The van der Waals surface area contributed by atoms with Crippen molar-refractivity contribution < 1.29 is 27.3 Å². The molecule has 238 valence electrons. The van der Waals surface area contributed by atoms with Crippen LogP contribution in [0.25, 0.3) is 0 Å². The summed E-state index contributed by atoms with van der Waals surface area (Å²) in [5.41, 5.74) is 0.511. The van der Waals surface area contributed by atoms with E-state index in [4.69, 9.17) is 8.98 Å². The molecule has 4 saturated carbocycles. The van der Waals surface area contributed by atoms with Gasteiger partial charge in [0.2, 0.25) is 5.91 Å². The number of aliphatic hydroxyl groups excluding tert-OH is 1. The predicted octanol–water partition coefficient (Wildman–Crippen LogP) is 6.43. The second-order valence-electron chi connectivity index (χ2n) is 16.5. The van der Waals surface area contributed by atoms with E-state index >= 15 is 0 Å². The average molecular weight is 614 g/mol. The summed E-state index contributed by atoms with van der Waals surface area (Å²) in [5.74, 6) is 2.73. The Morgan fingerprint density at radius 2 is 1.68 bits per heavy atom. The molecule has 0 bridgehead atoms. The van der Waals surface area contributed by atoms with E-state index in [2.05, 4.69) is 60.0 Å². The number of carbonyl (C=O) groups is 1. The zero-order valence-electron chi connectivity index (χ0n) is 27.0. The molecule has 1 amide bonds. The minimum absolute atomic E-state index is 0.0509. The summed E-state index contributed by atoms with van der Waals surface area (Å²) in [4.78, 5) is 12.4. The maximum absolute atomic E-state index is 12.4. The molecule has 9 heteroatoms. The van der Waals surface area contributed by atoms with Gasteiger partial charge in [-0.3, -0.25) is 9.35 Å². The van der Waals surface area contributed by atoms with Crippen molar-refractivity contribution in [3.05, 3.63) is 0 Å². The number of carbonyl (C=O) groups excluding carboxylic acids is 1. The Bertz CT molecular complexity index is 1060. The highest BCUT2D eigenvalue weighted by atomic mass is 32.2. The van der Waals surface area contributed by atoms with E-state index in [1.54, 1.807) is 0 Å². The van der Waals surface area contributed by atoms with Crippen LogP contribution in [0.5, 0.6) is 0 Å². The Hall–Kier alpha value is -0.483. The highest BCUT2D eigenvalue weighted by Crippen LogP contribution is 2.69. The first-order valence-corrected chi connectivity index (χ1v) is 20.9. The largest absolute Gasteiger partial charge is 0.414 e. The van der Waals surface area contributed by atoms with Crippen molar-refractivity contribution in [3.63, 3.8) is 0 Å². The Morgan fingerprint density at radius 1 is 1.05 bits per heavy atom. The number of aliphatic hydroxyl groups is 1. The maximum atomic E-state index is 12.4. The number of rotatable bonds is 9. The van der Waals surface area contributed by atoms with Crippen LogP contribution in [-0.4, -0.2) is 56.8 Å². The fraction of sp³-hybridized carbons (Fsp3) is 0.969. The molecule has 0 heterocycles. The van der Waals surface area contributed by atoms with Crippen LogP contribution in [0.3, 0.4) is 0 Å². The molecule has 0 spiro atoms. The van der Waals surface area contributed by atoms with Crippen molar-refractivity contribution >= 4 is 24.3 Å². The van der Waals surface area contributed by atoms with Crippen molar-refractivity contribution in [2.24, 2.45) is 46.3 Å². The van der Waals surface area contributed by atoms with Crippen LogP contribution in [0.4, 0.5) is 0 Å². The molecular formula is C32H59NO6SSi. The van der Waals surface area contributed by atoms with Gasteiger partial charge in [-0.25, -0.2) is 0 Å². The van der Waals surface area contributed by atoms with Gasteiger partial charge in [-0.1, -0.05) is 41.5 Å². The number of amides is 1. The molecule has 4 aliphatic carbocycles. The smallest absolute Gasteiger partial charge is 0.266 e. The molecule has 0 radical (unpaired) electrons. The molecule has 7 nitrogen and oxygen atoms in total. The van der Waals surface area contributed by atoms with E-state index in [-0.39, 0.29) is 40.5 Å². The second-order valence-corrected chi connectivity index (χ2v) is 22.8.